The second kappa shape index (κ2) is 8.93. The molecule has 10 heteroatoms. The number of ether oxygens (including phenoxy) is 2. The smallest absolute Gasteiger partial charge is 0.261 e. The first-order valence-electron chi connectivity index (χ1n) is 9.54. The summed E-state index contributed by atoms with van der Waals surface area (Å²) in [6.07, 6.45) is 0. The number of sulfonamides is 2. The fraction of sp³-hybridized carbons (Fsp3) is 0.400. The van der Waals surface area contributed by atoms with Crippen LogP contribution in [-0.4, -0.2) is 54.6 Å². The van der Waals surface area contributed by atoms with E-state index in [-0.39, 0.29) is 21.4 Å². The minimum Gasteiger partial charge on any atom is -0.496 e. The number of anilines is 1. The van der Waals surface area contributed by atoms with Gasteiger partial charge in [-0.1, -0.05) is 13.8 Å². The van der Waals surface area contributed by atoms with Gasteiger partial charge in [-0.05, 0) is 53.9 Å². The van der Waals surface area contributed by atoms with Gasteiger partial charge in [0.25, 0.3) is 10.0 Å². The van der Waals surface area contributed by atoms with Gasteiger partial charge in [0.05, 0.1) is 30.1 Å². The molecule has 8 nitrogen and oxygen atoms in total. The van der Waals surface area contributed by atoms with Crippen molar-refractivity contribution in [3.63, 3.8) is 0 Å². The molecule has 0 radical (unpaired) electrons. The van der Waals surface area contributed by atoms with Crippen molar-refractivity contribution < 1.29 is 26.3 Å². The molecule has 0 spiro atoms. The minimum absolute atomic E-state index is 0.0831. The van der Waals surface area contributed by atoms with Gasteiger partial charge >= 0.3 is 0 Å². The van der Waals surface area contributed by atoms with E-state index in [9.17, 15) is 16.8 Å². The molecule has 30 heavy (non-hydrogen) atoms. The highest BCUT2D eigenvalue weighted by Crippen LogP contribution is 2.30. The summed E-state index contributed by atoms with van der Waals surface area (Å²) in [6, 6.07) is 10.4. The Hall–Kier alpha value is -2.14. The Morgan fingerprint density at radius 2 is 1.57 bits per heavy atom. The van der Waals surface area contributed by atoms with E-state index >= 15 is 0 Å². The van der Waals surface area contributed by atoms with E-state index in [2.05, 4.69) is 4.72 Å². The zero-order valence-corrected chi connectivity index (χ0v) is 18.8. The molecule has 1 fully saturated rings. The van der Waals surface area contributed by atoms with Gasteiger partial charge in [0.2, 0.25) is 10.0 Å². The Balaban J connectivity index is 1.82. The molecule has 0 saturated carbocycles. The lowest BCUT2D eigenvalue weighted by Crippen LogP contribution is -2.40. The predicted molar refractivity (Wildman–Crippen MR) is 114 cm³/mol. The lowest BCUT2D eigenvalue weighted by Gasteiger charge is -2.26. The van der Waals surface area contributed by atoms with Crippen molar-refractivity contribution in [3.05, 3.63) is 48.0 Å². The summed E-state index contributed by atoms with van der Waals surface area (Å²) in [5, 5.41) is 0. The molecule has 1 N–H and O–H groups in total. The van der Waals surface area contributed by atoms with Crippen LogP contribution in [0.5, 0.6) is 5.75 Å². The van der Waals surface area contributed by atoms with E-state index in [4.69, 9.17) is 9.47 Å². The molecule has 1 aliphatic rings. The van der Waals surface area contributed by atoms with Crippen LogP contribution in [0, 0.1) is 0 Å². The number of nitrogens with zero attached hydrogens (tertiary/aromatic N) is 1. The topological polar surface area (TPSA) is 102 Å². The standard InChI is InChI=1S/C20H26N2O6S2/c1-15(2)19-14-18(8-9-20(19)27-3)29(23,24)21-16-4-6-17(7-5-16)30(25,26)22-10-12-28-13-11-22/h4-9,14-15,21H,10-13H2,1-3H3. The van der Waals surface area contributed by atoms with Gasteiger partial charge in [-0.15, -0.1) is 0 Å². The van der Waals surface area contributed by atoms with Crippen molar-refractivity contribution in [2.45, 2.75) is 29.6 Å². The van der Waals surface area contributed by atoms with Gasteiger partial charge < -0.3 is 9.47 Å². The van der Waals surface area contributed by atoms with Crippen molar-refractivity contribution in [2.24, 2.45) is 0 Å². The fourth-order valence-electron chi connectivity index (χ4n) is 3.18. The van der Waals surface area contributed by atoms with Crippen LogP contribution in [0.4, 0.5) is 5.69 Å². The van der Waals surface area contributed by atoms with Crippen LogP contribution in [-0.2, 0) is 24.8 Å². The molecular formula is C20H26N2O6S2. The number of morpholine rings is 1. The van der Waals surface area contributed by atoms with E-state index in [1.807, 2.05) is 13.8 Å². The van der Waals surface area contributed by atoms with Crippen molar-refractivity contribution in [1.29, 1.82) is 0 Å². The maximum absolute atomic E-state index is 12.8. The van der Waals surface area contributed by atoms with Gasteiger partial charge in [0.15, 0.2) is 0 Å². The zero-order valence-electron chi connectivity index (χ0n) is 17.2. The van der Waals surface area contributed by atoms with Crippen molar-refractivity contribution in [2.75, 3.05) is 38.1 Å². The van der Waals surface area contributed by atoms with Crippen molar-refractivity contribution >= 4 is 25.7 Å². The van der Waals surface area contributed by atoms with Gasteiger partial charge in [-0.25, -0.2) is 16.8 Å². The summed E-state index contributed by atoms with van der Waals surface area (Å²) in [7, 11) is -5.94. The predicted octanol–water partition coefficient (Wildman–Crippen LogP) is 2.64. The Kier molecular flexibility index (Phi) is 6.71. The van der Waals surface area contributed by atoms with Crippen LogP contribution >= 0.6 is 0 Å². The Morgan fingerprint density at radius 1 is 0.967 bits per heavy atom. The molecule has 1 saturated heterocycles. The monoisotopic (exact) mass is 454 g/mol. The number of methoxy groups -OCH3 is 1. The third-order valence-corrected chi connectivity index (χ3v) is 8.14. The first-order valence-corrected chi connectivity index (χ1v) is 12.5. The highest BCUT2D eigenvalue weighted by Gasteiger charge is 2.26. The average molecular weight is 455 g/mol. The Labute approximate surface area is 177 Å². The summed E-state index contributed by atoms with van der Waals surface area (Å²) in [5.74, 6) is 0.710. The van der Waals surface area contributed by atoms with Crippen LogP contribution in [0.1, 0.15) is 25.3 Å². The molecule has 0 aliphatic carbocycles. The summed E-state index contributed by atoms with van der Waals surface area (Å²) in [5.41, 5.74) is 1.06. The molecule has 0 atom stereocenters. The lowest BCUT2D eigenvalue weighted by atomic mass is 10.0. The number of benzene rings is 2. The maximum Gasteiger partial charge on any atom is 0.261 e. The third kappa shape index (κ3) is 4.77. The van der Waals surface area contributed by atoms with Crippen LogP contribution in [0.3, 0.4) is 0 Å². The van der Waals surface area contributed by atoms with Gasteiger partial charge in [-0.2, -0.15) is 4.31 Å². The van der Waals surface area contributed by atoms with E-state index in [0.29, 0.717) is 32.1 Å². The second-order valence-electron chi connectivity index (χ2n) is 7.20. The highest BCUT2D eigenvalue weighted by molar-refractivity contribution is 7.92. The normalized spacial score (nSPS) is 15.9. The highest BCUT2D eigenvalue weighted by atomic mass is 32.2. The SMILES string of the molecule is COc1ccc(S(=O)(=O)Nc2ccc(S(=O)(=O)N3CCOCC3)cc2)cc1C(C)C. The molecule has 2 aromatic carbocycles. The molecule has 0 aromatic heterocycles. The summed E-state index contributed by atoms with van der Waals surface area (Å²) in [6.45, 7) is 5.22. The molecule has 2 aromatic rings. The summed E-state index contributed by atoms with van der Waals surface area (Å²) in [4.78, 5) is 0.218. The lowest BCUT2D eigenvalue weighted by molar-refractivity contribution is 0.0730. The Morgan fingerprint density at radius 3 is 2.13 bits per heavy atom. The number of nitrogens with one attached hydrogen (secondary N) is 1. The van der Waals surface area contributed by atoms with E-state index in [1.54, 1.807) is 19.2 Å². The first kappa shape index (κ1) is 22.5. The van der Waals surface area contributed by atoms with E-state index in [1.165, 1.54) is 34.6 Å². The summed E-state index contributed by atoms with van der Waals surface area (Å²) < 4.78 is 65.4. The van der Waals surface area contributed by atoms with E-state index in [0.717, 1.165) is 5.56 Å². The molecule has 1 heterocycles. The van der Waals surface area contributed by atoms with E-state index < -0.39 is 20.0 Å². The average Bonchev–Trinajstić information content (AvgIpc) is 2.74. The largest absolute Gasteiger partial charge is 0.496 e. The third-order valence-electron chi connectivity index (χ3n) is 4.85. The number of hydrogen-bond acceptors (Lipinski definition) is 6. The molecule has 164 valence electrons. The minimum atomic E-state index is -3.85. The van der Waals surface area contributed by atoms with Gasteiger partial charge in [0.1, 0.15) is 5.75 Å². The first-order chi connectivity index (χ1) is 14.1. The number of rotatable bonds is 7. The second-order valence-corrected chi connectivity index (χ2v) is 10.8. The van der Waals surface area contributed by atoms with Crippen LogP contribution in [0.15, 0.2) is 52.3 Å². The van der Waals surface area contributed by atoms with Gasteiger partial charge in [-0.3, -0.25) is 4.72 Å². The molecule has 0 bridgehead atoms. The van der Waals surface area contributed by atoms with Crippen molar-refractivity contribution in [1.82, 2.24) is 4.31 Å². The fourth-order valence-corrected chi connectivity index (χ4v) is 5.68. The Bertz CT molecular complexity index is 1090. The van der Waals surface area contributed by atoms with Crippen LogP contribution in [0.2, 0.25) is 0 Å². The molecule has 0 unspecified atom stereocenters. The summed E-state index contributed by atoms with van der Waals surface area (Å²) >= 11 is 0. The molecule has 0 amide bonds. The molecule has 3 rings (SSSR count). The molecular weight excluding hydrogens is 428 g/mol. The van der Waals surface area contributed by atoms with Crippen LogP contribution in [0.25, 0.3) is 0 Å². The zero-order chi connectivity index (χ0) is 21.9. The quantitative estimate of drug-likeness (QED) is 0.690. The number of hydrogen-bond donors (Lipinski definition) is 1. The van der Waals surface area contributed by atoms with Crippen molar-refractivity contribution in [3.8, 4) is 5.75 Å². The van der Waals surface area contributed by atoms with Crippen LogP contribution < -0.4 is 9.46 Å². The maximum atomic E-state index is 12.8. The molecule has 1 aliphatic heterocycles. The van der Waals surface area contributed by atoms with Gasteiger partial charge in [0, 0.05) is 18.8 Å².